The molecule has 19 heavy (non-hydrogen) atoms. The summed E-state index contributed by atoms with van der Waals surface area (Å²) >= 11 is 5.87. The minimum absolute atomic E-state index is 0.190. The molecule has 0 fully saturated rings. The number of nitrogens with zero attached hydrogens (tertiary/aromatic N) is 2. The van der Waals surface area contributed by atoms with Gasteiger partial charge >= 0.3 is 0 Å². The highest BCUT2D eigenvalue weighted by Gasteiger charge is 2.18. The standard InChI is InChI=1S/C14H17ClF2N2/c1-3-9(4-2)8-19-12(7-15)18-11-6-5-10(16)13(17)14(11)19/h5-6,9H,3-4,7-8H2,1-2H3. The van der Waals surface area contributed by atoms with Crippen LogP contribution in [0.1, 0.15) is 32.5 Å². The molecule has 0 radical (unpaired) electrons. The predicted molar refractivity (Wildman–Crippen MR) is 73.3 cm³/mol. The van der Waals surface area contributed by atoms with E-state index in [-0.39, 0.29) is 11.4 Å². The number of rotatable bonds is 5. The van der Waals surface area contributed by atoms with Crippen LogP contribution in [-0.2, 0) is 12.4 Å². The summed E-state index contributed by atoms with van der Waals surface area (Å²) in [5, 5.41) is 0. The molecular formula is C14H17ClF2N2. The smallest absolute Gasteiger partial charge is 0.184 e. The molecule has 0 amide bonds. The van der Waals surface area contributed by atoms with E-state index < -0.39 is 11.6 Å². The molecular weight excluding hydrogens is 270 g/mol. The summed E-state index contributed by atoms with van der Waals surface area (Å²) in [6, 6.07) is 2.59. The largest absolute Gasteiger partial charge is 0.324 e. The minimum atomic E-state index is -0.848. The summed E-state index contributed by atoms with van der Waals surface area (Å²) in [4.78, 5) is 4.28. The minimum Gasteiger partial charge on any atom is -0.324 e. The average Bonchev–Trinajstić information content (AvgIpc) is 2.78. The zero-order valence-corrected chi connectivity index (χ0v) is 11.8. The average molecular weight is 287 g/mol. The molecule has 104 valence electrons. The number of imidazole rings is 1. The first-order valence-electron chi connectivity index (χ1n) is 6.51. The van der Waals surface area contributed by atoms with Gasteiger partial charge in [-0.3, -0.25) is 0 Å². The highest BCUT2D eigenvalue weighted by atomic mass is 35.5. The predicted octanol–water partition coefficient (Wildman–Crippen LogP) is 4.49. The molecule has 1 aromatic carbocycles. The molecule has 0 spiro atoms. The summed E-state index contributed by atoms with van der Waals surface area (Å²) in [5.74, 6) is -0.502. The SMILES string of the molecule is CCC(CC)Cn1c(CCl)nc2ccc(F)c(F)c21. The summed E-state index contributed by atoms with van der Waals surface area (Å²) in [6.45, 7) is 4.79. The molecule has 0 aliphatic rings. The Bertz CT molecular complexity index is 576. The lowest BCUT2D eigenvalue weighted by atomic mass is 10.0. The Hall–Kier alpha value is -1.16. The van der Waals surface area contributed by atoms with Gasteiger partial charge in [-0.25, -0.2) is 13.8 Å². The maximum absolute atomic E-state index is 14.0. The molecule has 0 aliphatic heterocycles. The Morgan fingerprint density at radius 2 is 1.95 bits per heavy atom. The van der Waals surface area contributed by atoms with Crippen LogP contribution >= 0.6 is 11.6 Å². The van der Waals surface area contributed by atoms with E-state index in [2.05, 4.69) is 18.8 Å². The second kappa shape index (κ2) is 5.87. The Kier molecular flexibility index (Phi) is 4.40. The lowest BCUT2D eigenvalue weighted by Gasteiger charge is -2.15. The number of hydrogen-bond donors (Lipinski definition) is 0. The number of alkyl halides is 1. The van der Waals surface area contributed by atoms with Crippen LogP contribution in [0.4, 0.5) is 8.78 Å². The first-order chi connectivity index (χ1) is 9.12. The molecule has 1 aromatic heterocycles. The van der Waals surface area contributed by atoms with E-state index in [1.165, 1.54) is 6.07 Å². The fourth-order valence-corrected chi connectivity index (χ4v) is 2.51. The van der Waals surface area contributed by atoms with Gasteiger partial charge in [0.1, 0.15) is 11.3 Å². The molecule has 0 saturated heterocycles. The quantitative estimate of drug-likeness (QED) is 0.741. The monoisotopic (exact) mass is 286 g/mol. The van der Waals surface area contributed by atoms with E-state index in [1.807, 2.05) is 0 Å². The maximum Gasteiger partial charge on any atom is 0.184 e. The van der Waals surface area contributed by atoms with Gasteiger partial charge in [0.2, 0.25) is 0 Å². The second-order valence-corrected chi connectivity index (χ2v) is 4.95. The van der Waals surface area contributed by atoms with Gasteiger partial charge in [-0.05, 0) is 18.1 Å². The Morgan fingerprint density at radius 3 is 2.53 bits per heavy atom. The van der Waals surface area contributed by atoms with E-state index in [4.69, 9.17) is 11.6 Å². The highest BCUT2D eigenvalue weighted by Crippen LogP contribution is 2.25. The van der Waals surface area contributed by atoms with Gasteiger partial charge in [-0.2, -0.15) is 0 Å². The van der Waals surface area contributed by atoms with Crippen molar-refractivity contribution in [2.75, 3.05) is 0 Å². The van der Waals surface area contributed by atoms with Crippen molar-refractivity contribution >= 4 is 22.6 Å². The molecule has 2 aromatic rings. The normalized spacial score (nSPS) is 11.7. The molecule has 0 aliphatic carbocycles. The van der Waals surface area contributed by atoms with E-state index in [0.717, 1.165) is 18.9 Å². The van der Waals surface area contributed by atoms with Crippen LogP contribution in [0.2, 0.25) is 0 Å². The highest BCUT2D eigenvalue weighted by molar-refractivity contribution is 6.16. The molecule has 0 atom stereocenters. The third-order valence-corrected chi connectivity index (χ3v) is 3.83. The Balaban J connectivity index is 2.58. The van der Waals surface area contributed by atoms with Crippen LogP contribution < -0.4 is 0 Å². The molecule has 5 heteroatoms. The topological polar surface area (TPSA) is 17.8 Å². The van der Waals surface area contributed by atoms with Gasteiger partial charge in [0, 0.05) is 6.54 Å². The van der Waals surface area contributed by atoms with Crippen molar-refractivity contribution in [3.8, 4) is 0 Å². The summed E-state index contributed by atoms with van der Waals surface area (Å²) in [5.41, 5.74) is 0.683. The van der Waals surface area contributed by atoms with Crippen LogP contribution in [-0.4, -0.2) is 9.55 Å². The van der Waals surface area contributed by atoms with Gasteiger partial charge in [-0.15, -0.1) is 11.6 Å². The van der Waals surface area contributed by atoms with E-state index >= 15 is 0 Å². The van der Waals surface area contributed by atoms with Crippen molar-refractivity contribution in [3.63, 3.8) is 0 Å². The Labute approximate surface area is 116 Å². The van der Waals surface area contributed by atoms with Crippen molar-refractivity contribution in [2.45, 2.75) is 39.1 Å². The number of fused-ring (bicyclic) bond motifs is 1. The van der Waals surface area contributed by atoms with E-state index in [9.17, 15) is 8.78 Å². The molecule has 1 heterocycles. The van der Waals surface area contributed by atoms with Crippen molar-refractivity contribution < 1.29 is 8.78 Å². The van der Waals surface area contributed by atoms with Crippen LogP contribution in [0, 0.1) is 17.6 Å². The van der Waals surface area contributed by atoms with E-state index in [0.29, 0.717) is 23.8 Å². The van der Waals surface area contributed by atoms with Gasteiger partial charge in [0.15, 0.2) is 11.6 Å². The summed E-state index contributed by atoms with van der Waals surface area (Å²) in [6.07, 6.45) is 1.96. The zero-order valence-electron chi connectivity index (χ0n) is 11.1. The first kappa shape index (κ1) is 14.3. The lowest BCUT2D eigenvalue weighted by Crippen LogP contribution is -2.12. The molecule has 0 N–H and O–H groups in total. The maximum atomic E-state index is 14.0. The first-order valence-corrected chi connectivity index (χ1v) is 7.04. The molecule has 0 bridgehead atoms. The van der Waals surface area contributed by atoms with Crippen molar-refractivity contribution in [1.82, 2.24) is 9.55 Å². The molecule has 2 nitrogen and oxygen atoms in total. The number of halogens is 3. The summed E-state index contributed by atoms with van der Waals surface area (Å²) in [7, 11) is 0. The molecule has 0 unspecified atom stereocenters. The lowest BCUT2D eigenvalue weighted by molar-refractivity contribution is 0.415. The Morgan fingerprint density at radius 1 is 1.26 bits per heavy atom. The third kappa shape index (κ3) is 2.59. The van der Waals surface area contributed by atoms with E-state index in [1.54, 1.807) is 4.57 Å². The van der Waals surface area contributed by atoms with Gasteiger partial charge in [-0.1, -0.05) is 26.7 Å². The number of hydrogen-bond acceptors (Lipinski definition) is 1. The fraction of sp³-hybridized carbons (Fsp3) is 0.500. The molecule has 2 rings (SSSR count). The van der Waals surface area contributed by atoms with Crippen LogP contribution in [0.5, 0.6) is 0 Å². The summed E-state index contributed by atoms with van der Waals surface area (Å²) < 4.78 is 29.1. The second-order valence-electron chi connectivity index (χ2n) is 4.68. The fourth-order valence-electron chi connectivity index (χ4n) is 2.31. The molecule has 0 saturated carbocycles. The van der Waals surface area contributed by atoms with Gasteiger partial charge in [0.05, 0.1) is 11.4 Å². The van der Waals surface area contributed by atoms with Gasteiger partial charge < -0.3 is 4.57 Å². The van der Waals surface area contributed by atoms with Crippen molar-refractivity contribution in [1.29, 1.82) is 0 Å². The van der Waals surface area contributed by atoms with Crippen LogP contribution in [0.25, 0.3) is 11.0 Å². The van der Waals surface area contributed by atoms with Crippen LogP contribution in [0.15, 0.2) is 12.1 Å². The van der Waals surface area contributed by atoms with Crippen molar-refractivity contribution in [2.24, 2.45) is 5.92 Å². The third-order valence-electron chi connectivity index (χ3n) is 3.59. The number of benzene rings is 1. The van der Waals surface area contributed by atoms with Gasteiger partial charge in [0.25, 0.3) is 0 Å². The van der Waals surface area contributed by atoms with Crippen molar-refractivity contribution in [3.05, 3.63) is 29.6 Å². The van der Waals surface area contributed by atoms with Crippen LogP contribution in [0.3, 0.4) is 0 Å². The number of aromatic nitrogens is 2. The zero-order chi connectivity index (χ0) is 14.0.